The van der Waals surface area contributed by atoms with Gasteiger partial charge in [0.2, 0.25) is 5.91 Å². The molecular weight excluding hydrogens is 204 g/mol. The Morgan fingerprint density at radius 3 is 3.00 bits per heavy atom. The van der Waals surface area contributed by atoms with Gasteiger partial charge in [-0.15, -0.1) is 0 Å². The molecule has 1 saturated heterocycles. The first-order valence-corrected chi connectivity index (χ1v) is 5.69. The molecule has 0 aliphatic carbocycles. The number of rotatable bonds is 3. The SMILES string of the molecule is CC(NC(=O)[C@@H]1CNC[C@H]1C)c1ncc[nH]1. The molecule has 1 aromatic heterocycles. The average molecular weight is 222 g/mol. The molecule has 1 amide bonds. The van der Waals surface area contributed by atoms with Gasteiger partial charge in [0.15, 0.2) is 0 Å². The van der Waals surface area contributed by atoms with Crippen molar-refractivity contribution in [2.24, 2.45) is 11.8 Å². The highest BCUT2D eigenvalue weighted by Gasteiger charge is 2.30. The quantitative estimate of drug-likeness (QED) is 0.695. The Balaban J connectivity index is 1.92. The number of nitrogens with one attached hydrogen (secondary N) is 3. The molecule has 5 heteroatoms. The van der Waals surface area contributed by atoms with Gasteiger partial charge in [-0.05, 0) is 19.4 Å². The van der Waals surface area contributed by atoms with Gasteiger partial charge in [-0.3, -0.25) is 4.79 Å². The minimum Gasteiger partial charge on any atom is -0.347 e. The first kappa shape index (κ1) is 11.1. The third-order valence-electron chi connectivity index (χ3n) is 3.14. The lowest BCUT2D eigenvalue weighted by atomic mass is 9.97. The van der Waals surface area contributed by atoms with Crippen LogP contribution in [-0.2, 0) is 4.79 Å². The Labute approximate surface area is 95.0 Å². The summed E-state index contributed by atoms with van der Waals surface area (Å²) in [5.41, 5.74) is 0. The fourth-order valence-corrected chi connectivity index (χ4v) is 2.06. The van der Waals surface area contributed by atoms with Crippen LogP contribution in [-0.4, -0.2) is 29.0 Å². The zero-order chi connectivity index (χ0) is 11.5. The van der Waals surface area contributed by atoms with Gasteiger partial charge in [0, 0.05) is 18.9 Å². The normalized spacial score (nSPS) is 26.6. The van der Waals surface area contributed by atoms with Gasteiger partial charge in [0.05, 0.1) is 12.0 Å². The van der Waals surface area contributed by atoms with E-state index in [1.807, 2.05) is 6.92 Å². The van der Waals surface area contributed by atoms with E-state index in [9.17, 15) is 4.79 Å². The van der Waals surface area contributed by atoms with E-state index in [4.69, 9.17) is 0 Å². The monoisotopic (exact) mass is 222 g/mol. The van der Waals surface area contributed by atoms with Crippen molar-refractivity contribution in [3.8, 4) is 0 Å². The Bertz CT molecular complexity index is 349. The van der Waals surface area contributed by atoms with Crippen LogP contribution in [0.15, 0.2) is 12.4 Å². The number of amides is 1. The number of carbonyl (C=O) groups is 1. The van der Waals surface area contributed by atoms with Gasteiger partial charge >= 0.3 is 0 Å². The number of imidazole rings is 1. The first-order valence-electron chi connectivity index (χ1n) is 5.69. The molecule has 0 aromatic carbocycles. The summed E-state index contributed by atoms with van der Waals surface area (Å²) in [4.78, 5) is 19.1. The van der Waals surface area contributed by atoms with Gasteiger partial charge in [-0.2, -0.15) is 0 Å². The van der Waals surface area contributed by atoms with Crippen molar-refractivity contribution in [2.45, 2.75) is 19.9 Å². The Morgan fingerprint density at radius 1 is 1.62 bits per heavy atom. The molecule has 3 N–H and O–H groups in total. The predicted molar refractivity (Wildman–Crippen MR) is 60.7 cm³/mol. The number of aromatic nitrogens is 2. The van der Waals surface area contributed by atoms with Crippen LogP contribution in [0.1, 0.15) is 25.7 Å². The number of hydrogen-bond acceptors (Lipinski definition) is 3. The molecule has 3 atom stereocenters. The molecule has 1 aromatic rings. The molecule has 0 spiro atoms. The molecule has 0 radical (unpaired) electrons. The van der Waals surface area contributed by atoms with E-state index in [2.05, 4.69) is 27.5 Å². The van der Waals surface area contributed by atoms with Crippen LogP contribution in [0.5, 0.6) is 0 Å². The number of aromatic amines is 1. The van der Waals surface area contributed by atoms with Gasteiger partial charge in [0.25, 0.3) is 0 Å². The Kier molecular flexibility index (Phi) is 3.24. The maximum Gasteiger partial charge on any atom is 0.225 e. The van der Waals surface area contributed by atoms with Crippen LogP contribution in [0.2, 0.25) is 0 Å². The van der Waals surface area contributed by atoms with Crippen molar-refractivity contribution >= 4 is 5.91 Å². The van der Waals surface area contributed by atoms with E-state index in [1.54, 1.807) is 12.4 Å². The number of H-pyrrole nitrogens is 1. The molecule has 0 saturated carbocycles. The lowest BCUT2D eigenvalue weighted by molar-refractivity contribution is -0.126. The summed E-state index contributed by atoms with van der Waals surface area (Å²) in [5, 5.41) is 6.21. The van der Waals surface area contributed by atoms with Crippen molar-refractivity contribution in [1.82, 2.24) is 20.6 Å². The molecule has 88 valence electrons. The van der Waals surface area contributed by atoms with Crippen LogP contribution in [0.3, 0.4) is 0 Å². The lowest BCUT2D eigenvalue weighted by Crippen LogP contribution is -2.36. The fourth-order valence-electron chi connectivity index (χ4n) is 2.06. The molecule has 2 heterocycles. The van der Waals surface area contributed by atoms with Crippen LogP contribution >= 0.6 is 0 Å². The number of hydrogen-bond donors (Lipinski definition) is 3. The highest BCUT2D eigenvalue weighted by molar-refractivity contribution is 5.79. The molecule has 16 heavy (non-hydrogen) atoms. The second-order valence-electron chi connectivity index (χ2n) is 4.45. The standard InChI is InChI=1S/C11H18N4O/c1-7-5-12-6-9(7)11(16)15-8(2)10-13-3-4-14-10/h3-4,7-9,12H,5-6H2,1-2H3,(H,13,14)(H,15,16)/t7-,8?,9-/m1/s1. The highest BCUT2D eigenvalue weighted by atomic mass is 16.2. The average Bonchev–Trinajstić information content (AvgIpc) is 2.86. The van der Waals surface area contributed by atoms with Crippen molar-refractivity contribution < 1.29 is 4.79 Å². The number of nitrogens with zero attached hydrogens (tertiary/aromatic N) is 1. The highest BCUT2D eigenvalue weighted by Crippen LogP contribution is 2.17. The van der Waals surface area contributed by atoms with Crippen molar-refractivity contribution in [2.75, 3.05) is 13.1 Å². The topological polar surface area (TPSA) is 69.8 Å². The molecule has 1 unspecified atom stereocenters. The summed E-state index contributed by atoms with van der Waals surface area (Å²) in [6, 6.07) is -0.0599. The lowest BCUT2D eigenvalue weighted by Gasteiger charge is -2.17. The third kappa shape index (κ3) is 2.24. The molecular formula is C11H18N4O. The van der Waals surface area contributed by atoms with Crippen LogP contribution in [0.4, 0.5) is 0 Å². The maximum atomic E-state index is 12.0. The molecule has 1 aliphatic heterocycles. The van der Waals surface area contributed by atoms with E-state index >= 15 is 0 Å². The van der Waals surface area contributed by atoms with E-state index in [0.717, 1.165) is 18.9 Å². The second kappa shape index (κ2) is 4.65. The van der Waals surface area contributed by atoms with Crippen LogP contribution in [0, 0.1) is 11.8 Å². The van der Waals surface area contributed by atoms with Gasteiger partial charge in [-0.25, -0.2) is 4.98 Å². The molecule has 0 bridgehead atoms. The molecule has 1 fully saturated rings. The maximum absolute atomic E-state index is 12.0. The van der Waals surface area contributed by atoms with E-state index < -0.39 is 0 Å². The Morgan fingerprint density at radius 2 is 2.44 bits per heavy atom. The predicted octanol–water partition coefficient (Wildman–Crippen LogP) is 0.442. The molecule has 1 aliphatic rings. The summed E-state index contributed by atoms with van der Waals surface area (Å²) in [6.07, 6.45) is 3.45. The van der Waals surface area contributed by atoms with E-state index in [-0.39, 0.29) is 17.9 Å². The van der Waals surface area contributed by atoms with Crippen molar-refractivity contribution in [1.29, 1.82) is 0 Å². The molecule has 2 rings (SSSR count). The Hall–Kier alpha value is -1.36. The van der Waals surface area contributed by atoms with Crippen molar-refractivity contribution in [3.05, 3.63) is 18.2 Å². The van der Waals surface area contributed by atoms with Gasteiger partial charge < -0.3 is 15.6 Å². The molecule has 5 nitrogen and oxygen atoms in total. The number of carbonyl (C=O) groups excluding carboxylic acids is 1. The summed E-state index contributed by atoms with van der Waals surface area (Å²) < 4.78 is 0. The van der Waals surface area contributed by atoms with Crippen LogP contribution in [0.25, 0.3) is 0 Å². The largest absolute Gasteiger partial charge is 0.347 e. The first-order chi connectivity index (χ1) is 7.68. The van der Waals surface area contributed by atoms with Crippen LogP contribution < -0.4 is 10.6 Å². The smallest absolute Gasteiger partial charge is 0.225 e. The summed E-state index contributed by atoms with van der Waals surface area (Å²) in [6.45, 7) is 5.73. The fraction of sp³-hybridized carbons (Fsp3) is 0.636. The zero-order valence-electron chi connectivity index (χ0n) is 9.66. The summed E-state index contributed by atoms with van der Waals surface area (Å²) >= 11 is 0. The van der Waals surface area contributed by atoms with Crippen molar-refractivity contribution in [3.63, 3.8) is 0 Å². The zero-order valence-corrected chi connectivity index (χ0v) is 9.66. The second-order valence-corrected chi connectivity index (χ2v) is 4.45. The minimum atomic E-state index is -0.0599. The van der Waals surface area contributed by atoms with E-state index in [0.29, 0.717) is 5.92 Å². The third-order valence-corrected chi connectivity index (χ3v) is 3.14. The summed E-state index contributed by atoms with van der Waals surface area (Å²) in [5.74, 6) is 1.40. The van der Waals surface area contributed by atoms with Gasteiger partial charge in [-0.1, -0.05) is 6.92 Å². The van der Waals surface area contributed by atoms with E-state index in [1.165, 1.54) is 0 Å². The summed E-state index contributed by atoms with van der Waals surface area (Å²) in [7, 11) is 0. The van der Waals surface area contributed by atoms with Gasteiger partial charge in [0.1, 0.15) is 5.82 Å². The minimum absolute atomic E-state index is 0.0599.